The number of rotatable bonds is 12. The van der Waals surface area contributed by atoms with E-state index in [1.807, 2.05) is 20.8 Å². The highest BCUT2D eigenvalue weighted by molar-refractivity contribution is 5.66. The van der Waals surface area contributed by atoms with Gasteiger partial charge in [0.15, 0.2) is 12.4 Å². The molecule has 3 aliphatic carbocycles. The molecule has 3 unspecified atom stereocenters. The van der Waals surface area contributed by atoms with Crippen molar-refractivity contribution in [3.05, 3.63) is 35.5 Å². The molecule has 0 aromatic rings. The van der Waals surface area contributed by atoms with Crippen molar-refractivity contribution in [1.82, 2.24) is 0 Å². The lowest BCUT2D eigenvalue weighted by Crippen LogP contribution is -2.62. The number of hydrogen-bond donors (Lipinski definition) is 4. The van der Waals surface area contributed by atoms with Gasteiger partial charge in [0.25, 0.3) is 0 Å². The number of methoxy groups -OCH3 is 1. The Labute approximate surface area is 284 Å². The van der Waals surface area contributed by atoms with E-state index in [1.54, 1.807) is 27.0 Å². The van der Waals surface area contributed by atoms with Crippen LogP contribution >= 0.6 is 0 Å². The van der Waals surface area contributed by atoms with Crippen LogP contribution in [0.3, 0.4) is 0 Å². The predicted molar refractivity (Wildman–Crippen MR) is 174 cm³/mol. The molecule has 0 bridgehead atoms. The third kappa shape index (κ3) is 7.91. The minimum Gasteiger partial charge on any atom is -0.465 e. The summed E-state index contributed by atoms with van der Waals surface area (Å²) in [5.74, 6) is -1.70. The first kappa shape index (κ1) is 38.6. The van der Waals surface area contributed by atoms with E-state index in [0.717, 1.165) is 24.0 Å². The van der Waals surface area contributed by atoms with Gasteiger partial charge in [-0.25, -0.2) is 0 Å². The maximum Gasteiger partial charge on any atom is 0.303 e. The largest absolute Gasteiger partial charge is 0.465 e. The van der Waals surface area contributed by atoms with Crippen molar-refractivity contribution in [3.8, 4) is 0 Å². The van der Waals surface area contributed by atoms with Crippen LogP contribution in [0, 0.1) is 29.1 Å². The second-order valence-corrected chi connectivity index (χ2v) is 14.7. The van der Waals surface area contributed by atoms with Crippen LogP contribution in [0.5, 0.6) is 0 Å². The van der Waals surface area contributed by atoms with Crippen molar-refractivity contribution < 1.29 is 58.4 Å². The van der Waals surface area contributed by atoms with Crippen LogP contribution in [0.2, 0.25) is 0 Å². The Hall–Kier alpha value is -2.16. The summed E-state index contributed by atoms with van der Waals surface area (Å²) in [4.78, 5) is 23.8. The van der Waals surface area contributed by atoms with E-state index >= 15 is 0 Å². The number of esters is 2. The Balaban J connectivity index is 1.82. The average Bonchev–Trinajstić information content (AvgIpc) is 3.52. The molecule has 0 spiro atoms. The van der Waals surface area contributed by atoms with Gasteiger partial charge >= 0.3 is 11.9 Å². The summed E-state index contributed by atoms with van der Waals surface area (Å²) in [6.07, 6.45) is -4.54. The summed E-state index contributed by atoms with van der Waals surface area (Å²) in [6.45, 7) is 16.0. The molecule has 0 aromatic carbocycles. The van der Waals surface area contributed by atoms with Crippen LogP contribution in [-0.4, -0.2) is 114 Å². The van der Waals surface area contributed by atoms with Gasteiger partial charge in [0.2, 0.25) is 0 Å². The normalized spacial score (nSPS) is 40.2. The van der Waals surface area contributed by atoms with Gasteiger partial charge in [-0.05, 0) is 57.4 Å². The number of aliphatic hydroxyl groups is 4. The summed E-state index contributed by atoms with van der Waals surface area (Å²) in [5, 5.41) is 46.7. The zero-order valence-corrected chi connectivity index (χ0v) is 29.6. The molecule has 4 rings (SSSR count). The number of aliphatic hydroxyl groups excluding tert-OH is 4. The van der Waals surface area contributed by atoms with Crippen LogP contribution in [0.15, 0.2) is 35.5 Å². The Bertz CT molecular complexity index is 1240. The zero-order valence-electron chi connectivity index (χ0n) is 29.6. The molecule has 0 aromatic heterocycles. The molecule has 1 saturated heterocycles. The van der Waals surface area contributed by atoms with E-state index in [1.165, 1.54) is 13.8 Å². The second kappa shape index (κ2) is 15.4. The van der Waals surface area contributed by atoms with E-state index < -0.39 is 72.0 Å². The molecular weight excluding hydrogens is 624 g/mol. The zero-order chi connectivity index (χ0) is 35.7. The highest BCUT2D eigenvalue weighted by atomic mass is 16.7. The highest BCUT2D eigenvalue weighted by Gasteiger charge is 2.56. The van der Waals surface area contributed by atoms with Gasteiger partial charge in [0.1, 0.15) is 24.4 Å². The van der Waals surface area contributed by atoms with Crippen LogP contribution in [-0.2, 0) is 38.0 Å². The summed E-state index contributed by atoms with van der Waals surface area (Å²) in [5.41, 5.74) is 0.746. The van der Waals surface area contributed by atoms with Crippen molar-refractivity contribution in [2.24, 2.45) is 29.1 Å². The number of carbonyl (C=O) groups excluding carboxylic acids is 2. The summed E-state index contributed by atoms with van der Waals surface area (Å²) < 4.78 is 35.1. The number of fused-ring (bicyclic) bond motifs is 2. The number of carbonyl (C=O) groups is 2. The molecule has 0 amide bonds. The first-order valence-electron chi connectivity index (χ1n) is 17.0. The SMILES string of the molecule is C=CC(C)(C)OC[C@H]1O[C@H](O[C@@H]2C3=C([C@H](C)COC(C)=O)C[C@H](O)[C@]3(C)/C=C3/[C@@H](COC)CC[C@H]3[C@@H](C)[C@H]2O)C(O)C(OC(C)=O)C1O. The fourth-order valence-corrected chi connectivity index (χ4v) is 7.88. The lowest BCUT2D eigenvalue weighted by molar-refractivity contribution is -0.320. The monoisotopic (exact) mass is 680 g/mol. The average molecular weight is 681 g/mol. The van der Waals surface area contributed by atoms with Crippen molar-refractivity contribution in [2.75, 3.05) is 26.9 Å². The maximum atomic E-state index is 12.3. The maximum absolute atomic E-state index is 12.3. The second-order valence-electron chi connectivity index (χ2n) is 14.7. The minimum absolute atomic E-state index is 0.0190. The van der Waals surface area contributed by atoms with Crippen molar-refractivity contribution >= 4 is 11.9 Å². The molecule has 272 valence electrons. The molecule has 4 N–H and O–H groups in total. The smallest absolute Gasteiger partial charge is 0.303 e. The lowest BCUT2D eigenvalue weighted by atomic mass is 9.68. The Kier molecular flexibility index (Phi) is 12.4. The van der Waals surface area contributed by atoms with Crippen molar-refractivity contribution in [1.29, 1.82) is 0 Å². The van der Waals surface area contributed by atoms with Crippen LogP contribution < -0.4 is 0 Å². The summed E-state index contributed by atoms with van der Waals surface area (Å²) >= 11 is 0. The Morgan fingerprint density at radius 1 is 1.10 bits per heavy atom. The van der Waals surface area contributed by atoms with Crippen LogP contribution in [0.25, 0.3) is 0 Å². The van der Waals surface area contributed by atoms with Crippen LogP contribution in [0.4, 0.5) is 0 Å². The first-order valence-corrected chi connectivity index (χ1v) is 17.0. The third-order valence-corrected chi connectivity index (χ3v) is 10.8. The molecule has 1 aliphatic heterocycles. The molecule has 12 nitrogen and oxygen atoms in total. The molecule has 12 heteroatoms. The minimum atomic E-state index is -1.63. The fraction of sp³-hybridized carbons (Fsp3) is 0.778. The standard InChI is InChI=1S/C36H56O12/c1-10-35(6,7)45-17-26-30(41)33(46-21(5)38)31(42)34(47-26)48-32-28-24(18(2)15-44-20(4)37)13-27(39)36(28,8)14-25-22(16-43-9)11-12-23(25)19(3)29(32)40/h10,14,18-19,22-23,26-27,29-34,39-42H,1,11-13,15-17H2,2-9H3/b25-14-/t18-,19-,22-,23+,26-,27+,29-,30?,31?,32-,33?,34-,36+/m1/s1. The highest BCUT2D eigenvalue weighted by Crippen LogP contribution is 2.56. The molecule has 4 aliphatic rings. The molecule has 0 radical (unpaired) electrons. The van der Waals surface area contributed by atoms with E-state index in [4.69, 9.17) is 28.4 Å². The Morgan fingerprint density at radius 3 is 2.40 bits per heavy atom. The van der Waals surface area contributed by atoms with E-state index in [-0.39, 0.29) is 43.3 Å². The van der Waals surface area contributed by atoms with Gasteiger partial charge in [0, 0.05) is 38.2 Å². The number of hydrogen-bond acceptors (Lipinski definition) is 12. The quantitative estimate of drug-likeness (QED) is 0.176. The summed E-state index contributed by atoms with van der Waals surface area (Å²) in [7, 11) is 1.66. The van der Waals surface area contributed by atoms with Crippen LogP contribution in [0.1, 0.15) is 67.7 Å². The fourth-order valence-electron chi connectivity index (χ4n) is 7.88. The van der Waals surface area contributed by atoms with Crippen molar-refractivity contribution in [2.45, 2.75) is 122 Å². The molecule has 13 atom stereocenters. The molecule has 48 heavy (non-hydrogen) atoms. The molecule has 2 fully saturated rings. The third-order valence-electron chi connectivity index (χ3n) is 10.8. The summed E-state index contributed by atoms with van der Waals surface area (Å²) in [6, 6.07) is 0. The topological polar surface area (TPSA) is 170 Å². The molecule has 1 heterocycles. The first-order chi connectivity index (χ1) is 22.4. The lowest BCUT2D eigenvalue weighted by Gasteiger charge is -2.47. The van der Waals surface area contributed by atoms with E-state index in [9.17, 15) is 30.0 Å². The van der Waals surface area contributed by atoms with E-state index in [0.29, 0.717) is 12.2 Å². The molecular formula is C36H56O12. The van der Waals surface area contributed by atoms with Gasteiger partial charge in [-0.1, -0.05) is 37.1 Å². The Morgan fingerprint density at radius 2 is 1.79 bits per heavy atom. The predicted octanol–water partition coefficient (Wildman–Crippen LogP) is 2.61. The van der Waals surface area contributed by atoms with Crippen molar-refractivity contribution in [3.63, 3.8) is 0 Å². The molecule has 1 saturated carbocycles. The number of ether oxygens (including phenoxy) is 6. The van der Waals surface area contributed by atoms with Gasteiger partial charge in [-0.2, -0.15) is 0 Å². The van der Waals surface area contributed by atoms with Gasteiger partial charge in [0.05, 0.1) is 37.6 Å². The van der Waals surface area contributed by atoms with Gasteiger partial charge in [-0.15, -0.1) is 6.58 Å². The van der Waals surface area contributed by atoms with Gasteiger partial charge in [-0.3, -0.25) is 9.59 Å². The van der Waals surface area contributed by atoms with E-state index in [2.05, 4.69) is 12.7 Å². The van der Waals surface area contributed by atoms with Gasteiger partial charge < -0.3 is 48.8 Å².